The van der Waals surface area contributed by atoms with Crippen LogP contribution in [0.2, 0.25) is 0 Å². The predicted octanol–water partition coefficient (Wildman–Crippen LogP) is 2.65. The van der Waals surface area contributed by atoms with Gasteiger partial charge >= 0.3 is 0 Å². The monoisotopic (exact) mass is 234 g/mol. The summed E-state index contributed by atoms with van der Waals surface area (Å²) >= 11 is 0. The Morgan fingerprint density at radius 1 is 1.18 bits per heavy atom. The molecule has 17 heavy (non-hydrogen) atoms. The summed E-state index contributed by atoms with van der Waals surface area (Å²) in [5.41, 5.74) is 7.82. The Kier molecular flexibility index (Phi) is 4.26. The summed E-state index contributed by atoms with van der Waals surface area (Å²) in [6, 6.07) is 6.09. The molecule has 0 amide bonds. The topological polar surface area (TPSA) is 38.5 Å². The molecule has 0 spiro atoms. The molecule has 0 unspecified atom stereocenters. The van der Waals surface area contributed by atoms with Crippen LogP contribution in [0.3, 0.4) is 0 Å². The largest absolute Gasteiger partial charge is 0.495 e. The van der Waals surface area contributed by atoms with Gasteiger partial charge in [0.25, 0.3) is 0 Å². The Bertz CT molecular complexity index is 357. The van der Waals surface area contributed by atoms with Gasteiger partial charge in [-0.1, -0.05) is 18.9 Å². The average molecular weight is 234 g/mol. The molecular weight excluding hydrogens is 212 g/mol. The summed E-state index contributed by atoms with van der Waals surface area (Å²) in [6.45, 7) is 3.44. The van der Waals surface area contributed by atoms with Gasteiger partial charge in [-0.25, -0.2) is 0 Å². The van der Waals surface area contributed by atoms with Gasteiger partial charge in [0.2, 0.25) is 0 Å². The number of hydrogen-bond donors (Lipinski definition) is 1. The van der Waals surface area contributed by atoms with E-state index < -0.39 is 0 Å². The number of nitrogen functional groups attached to an aromatic ring is 1. The van der Waals surface area contributed by atoms with Gasteiger partial charge in [-0.3, -0.25) is 4.90 Å². The van der Waals surface area contributed by atoms with Crippen LogP contribution in [0.25, 0.3) is 0 Å². The fraction of sp³-hybridized carbons (Fsp3) is 0.571. The van der Waals surface area contributed by atoms with Crippen molar-refractivity contribution in [3.63, 3.8) is 0 Å². The van der Waals surface area contributed by atoms with Gasteiger partial charge in [-0.2, -0.15) is 0 Å². The molecule has 94 valence electrons. The van der Waals surface area contributed by atoms with E-state index in [1.54, 1.807) is 7.11 Å². The molecule has 0 radical (unpaired) electrons. The zero-order chi connectivity index (χ0) is 12.1. The summed E-state index contributed by atoms with van der Waals surface area (Å²) in [7, 11) is 1.67. The highest BCUT2D eigenvalue weighted by Gasteiger charge is 2.10. The zero-order valence-corrected chi connectivity index (χ0v) is 10.6. The third-order valence-electron chi connectivity index (χ3n) is 3.40. The van der Waals surface area contributed by atoms with Gasteiger partial charge in [0.05, 0.1) is 12.8 Å². The quantitative estimate of drug-likeness (QED) is 0.817. The van der Waals surface area contributed by atoms with Crippen molar-refractivity contribution in [3.05, 3.63) is 23.8 Å². The number of rotatable bonds is 3. The second-order valence-electron chi connectivity index (χ2n) is 4.77. The van der Waals surface area contributed by atoms with Crippen molar-refractivity contribution in [1.29, 1.82) is 0 Å². The maximum Gasteiger partial charge on any atom is 0.142 e. The van der Waals surface area contributed by atoms with E-state index in [9.17, 15) is 0 Å². The van der Waals surface area contributed by atoms with E-state index in [0.29, 0.717) is 5.69 Å². The average Bonchev–Trinajstić information content (AvgIpc) is 2.60. The fourth-order valence-electron chi connectivity index (χ4n) is 2.41. The van der Waals surface area contributed by atoms with Gasteiger partial charge in [-0.05, 0) is 43.6 Å². The van der Waals surface area contributed by atoms with Gasteiger partial charge in [0.15, 0.2) is 0 Å². The molecular formula is C14H22N2O. The number of nitrogens with zero attached hydrogens (tertiary/aromatic N) is 1. The van der Waals surface area contributed by atoms with Crippen LogP contribution in [0.4, 0.5) is 5.69 Å². The molecule has 1 aliphatic heterocycles. The number of ether oxygens (including phenoxy) is 1. The number of likely N-dealkylation sites (tertiary alicyclic amines) is 1. The van der Waals surface area contributed by atoms with Crippen molar-refractivity contribution in [1.82, 2.24) is 4.90 Å². The SMILES string of the molecule is COc1cc(CN2CCCCCC2)ccc1N. The molecule has 1 saturated heterocycles. The minimum absolute atomic E-state index is 0.715. The van der Waals surface area contributed by atoms with E-state index >= 15 is 0 Å². The van der Waals surface area contributed by atoms with Crippen LogP contribution < -0.4 is 10.5 Å². The third kappa shape index (κ3) is 3.37. The van der Waals surface area contributed by atoms with Crippen molar-refractivity contribution in [2.45, 2.75) is 32.2 Å². The van der Waals surface area contributed by atoms with Gasteiger partial charge in [0.1, 0.15) is 5.75 Å². The van der Waals surface area contributed by atoms with Crippen molar-refractivity contribution in [2.24, 2.45) is 0 Å². The molecule has 1 fully saturated rings. The first-order valence-electron chi connectivity index (χ1n) is 6.44. The van der Waals surface area contributed by atoms with Crippen LogP contribution >= 0.6 is 0 Å². The number of methoxy groups -OCH3 is 1. The lowest BCUT2D eigenvalue weighted by Gasteiger charge is -2.20. The molecule has 0 saturated carbocycles. The van der Waals surface area contributed by atoms with Crippen LogP contribution in [-0.4, -0.2) is 25.1 Å². The second kappa shape index (κ2) is 5.92. The minimum atomic E-state index is 0.715. The smallest absolute Gasteiger partial charge is 0.142 e. The Morgan fingerprint density at radius 2 is 1.88 bits per heavy atom. The Morgan fingerprint density at radius 3 is 2.53 bits per heavy atom. The standard InChI is InChI=1S/C14H22N2O/c1-17-14-10-12(6-7-13(14)15)11-16-8-4-2-3-5-9-16/h6-7,10H,2-5,8-9,11,15H2,1H3. The van der Waals surface area contributed by atoms with E-state index in [4.69, 9.17) is 10.5 Å². The molecule has 1 aliphatic rings. The summed E-state index contributed by atoms with van der Waals surface area (Å²) in [5.74, 6) is 0.789. The molecule has 3 nitrogen and oxygen atoms in total. The lowest BCUT2D eigenvalue weighted by atomic mass is 10.1. The van der Waals surface area contributed by atoms with Crippen molar-refractivity contribution in [2.75, 3.05) is 25.9 Å². The molecule has 0 aliphatic carbocycles. The van der Waals surface area contributed by atoms with Crippen LogP contribution in [0.5, 0.6) is 5.75 Å². The normalized spacial score (nSPS) is 17.7. The van der Waals surface area contributed by atoms with E-state index in [1.807, 2.05) is 6.07 Å². The highest BCUT2D eigenvalue weighted by atomic mass is 16.5. The number of nitrogens with two attached hydrogens (primary N) is 1. The van der Waals surface area contributed by atoms with Crippen LogP contribution in [0, 0.1) is 0 Å². The van der Waals surface area contributed by atoms with Gasteiger partial charge < -0.3 is 10.5 Å². The molecule has 2 N–H and O–H groups in total. The van der Waals surface area contributed by atoms with Crippen LogP contribution in [-0.2, 0) is 6.54 Å². The molecule has 0 bridgehead atoms. The Balaban J connectivity index is 2.01. The predicted molar refractivity (Wildman–Crippen MR) is 71.2 cm³/mol. The first-order chi connectivity index (χ1) is 8.29. The molecule has 0 atom stereocenters. The van der Waals surface area contributed by atoms with Crippen LogP contribution in [0.1, 0.15) is 31.2 Å². The van der Waals surface area contributed by atoms with E-state index in [1.165, 1.54) is 44.3 Å². The minimum Gasteiger partial charge on any atom is -0.495 e. The van der Waals surface area contributed by atoms with E-state index in [2.05, 4.69) is 17.0 Å². The molecule has 1 heterocycles. The lowest BCUT2D eigenvalue weighted by molar-refractivity contribution is 0.276. The lowest BCUT2D eigenvalue weighted by Crippen LogP contribution is -2.23. The molecule has 1 aromatic rings. The summed E-state index contributed by atoms with van der Waals surface area (Å²) < 4.78 is 5.26. The molecule has 0 aromatic heterocycles. The third-order valence-corrected chi connectivity index (χ3v) is 3.40. The number of benzene rings is 1. The number of anilines is 1. The van der Waals surface area contributed by atoms with Crippen molar-refractivity contribution >= 4 is 5.69 Å². The molecule has 3 heteroatoms. The first kappa shape index (κ1) is 12.2. The summed E-state index contributed by atoms with van der Waals surface area (Å²) in [6.07, 6.45) is 5.40. The van der Waals surface area contributed by atoms with Crippen LogP contribution in [0.15, 0.2) is 18.2 Å². The summed E-state index contributed by atoms with van der Waals surface area (Å²) in [4.78, 5) is 2.53. The maximum absolute atomic E-state index is 5.82. The summed E-state index contributed by atoms with van der Waals surface area (Å²) in [5, 5.41) is 0. The zero-order valence-electron chi connectivity index (χ0n) is 10.6. The van der Waals surface area contributed by atoms with Crippen molar-refractivity contribution < 1.29 is 4.74 Å². The Labute approximate surface area is 104 Å². The molecule has 1 aromatic carbocycles. The Hall–Kier alpha value is -1.22. The first-order valence-corrected chi connectivity index (χ1v) is 6.44. The van der Waals surface area contributed by atoms with Gasteiger partial charge in [-0.15, -0.1) is 0 Å². The van der Waals surface area contributed by atoms with E-state index in [0.717, 1.165) is 12.3 Å². The number of hydrogen-bond acceptors (Lipinski definition) is 3. The highest BCUT2D eigenvalue weighted by Crippen LogP contribution is 2.23. The fourth-order valence-corrected chi connectivity index (χ4v) is 2.41. The van der Waals surface area contributed by atoms with Crippen molar-refractivity contribution in [3.8, 4) is 5.75 Å². The second-order valence-corrected chi connectivity index (χ2v) is 4.77. The maximum atomic E-state index is 5.82. The van der Waals surface area contributed by atoms with E-state index in [-0.39, 0.29) is 0 Å². The van der Waals surface area contributed by atoms with Gasteiger partial charge in [0, 0.05) is 6.54 Å². The highest BCUT2D eigenvalue weighted by molar-refractivity contribution is 5.53. The molecule has 2 rings (SSSR count).